The summed E-state index contributed by atoms with van der Waals surface area (Å²) in [6.07, 6.45) is 3.67. The molecule has 0 radical (unpaired) electrons. The third-order valence-electron chi connectivity index (χ3n) is 5.95. The van der Waals surface area contributed by atoms with E-state index < -0.39 is 5.60 Å². The predicted molar refractivity (Wildman–Crippen MR) is 127 cm³/mol. The maximum Gasteiger partial charge on any atom is 0.410 e. The number of amides is 2. The third-order valence-corrected chi connectivity index (χ3v) is 5.95. The second-order valence-corrected chi connectivity index (χ2v) is 10.3. The molecule has 2 amide bonds. The Labute approximate surface area is 194 Å². The van der Waals surface area contributed by atoms with E-state index in [-0.39, 0.29) is 30.0 Å². The summed E-state index contributed by atoms with van der Waals surface area (Å²) in [5.41, 5.74) is 1.38. The van der Waals surface area contributed by atoms with Crippen LogP contribution in [0.15, 0.2) is 12.3 Å². The maximum atomic E-state index is 12.4. The Morgan fingerprint density at radius 1 is 1.21 bits per heavy atom. The summed E-state index contributed by atoms with van der Waals surface area (Å²) in [4.78, 5) is 30.6. The van der Waals surface area contributed by atoms with E-state index >= 15 is 0 Å². The van der Waals surface area contributed by atoms with Crippen LogP contribution in [0.3, 0.4) is 0 Å². The van der Waals surface area contributed by atoms with Gasteiger partial charge in [-0.1, -0.05) is 13.8 Å². The number of likely N-dealkylation sites (tertiary alicyclic amines) is 1. The summed E-state index contributed by atoms with van der Waals surface area (Å²) >= 11 is 0. The van der Waals surface area contributed by atoms with Crippen molar-refractivity contribution in [3.63, 3.8) is 0 Å². The Balaban J connectivity index is 1.50. The zero-order chi connectivity index (χ0) is 23.8. The van der Waals surface area contributed by atoms with Crippen LogP contribution < -0.4 is 16.0 Å². The highest BCUT2D eigenvalue weighted by atomic mass is 16.6. The molecule has 0 unspecified atom stereocenters. The molecule has 0 spiro atoms. The number of nitrogens with one attached hydrogen (secondary N) is 3. The number of carbonyl (C=O) groups is 2. The lowest BCUT2D eigenvalue weighted by Gasteiger charge is -2.34. The molecule has 4 rings (SSSR count). The average molecular weight is 458 g/mol. The van der Waals surface area contributed by atoms with Crippen molar-refractivity contribution >= 4 is 29.3 Å². The van der Waals surface area contributed by atoms with Gasteiger partial charge in [0.2, 0.25) is 5.91 Å². The van der Waals surface area contributed by atoms with Gasteiger partial charge in [0, 0.05) is 43.7 Å². The number of anilines is 2. The molecule has 3 N–H and O–H groups in total. The Morgan fingerprint density at radius 2 is 1.94 bits per heavy atom. The first-order valence-electron chi connectivity index (χ1n) is 11.8. The smallest absolute Gasteiger partial charge is 0.410 e. The van der Waals surface area contributed by atoms with Crippen molar-refractivity contribution < 1.29 is 14.3 Å². The van der Waals surface area contributed by atoms with Gasteiger partial charge in [-0.15, -0.1) is 0 Å². The van der Waals surface area contributed by atoms with Gasteiger partial charge in [-0.3, -0.25) is 4.79 Å². The van der Waals surface area contributed by atoms with E-state index in [0.29, 0.717) is 26.1 Å². The van der Waals surface area contributed by atoms with E-state index in [2.05, 4.69) is 34.9 Å². The van der Waals surface area contributed by atoms with Gasteiger partial charge in [-0.25, -0.2) is 9.78 Å². The van der Waals surface area contributed by atoms with Crippen LogP contribution in [0.1, 0.15) is 65.4 Å². The average Bonchev–Trinajstić information content (AvgIpc) is 3.33. The Bertz CT molecular complexity index is 1020. The highest BCUT2D eigenvalue weighted by molar-refractivity contribution is 5.79. The van der Waals surface area contributed by atoms with Crippen molar-refractivity contribution in [2.45, 2.75) is 77.5 Å². The molecule has 33 heavy (non-hydrogen) atoms. The largest absolute Gasteiger partial charge is 0.444 e. The minimum atomic E-state index is -0.494. The second kappa shape index (κ2) is 9.07. The van der Waals surface area contributed by atoms with E-state index in [1.807, 2.05) is 37.5 Å². The molecule has 0 aliphatic carbocycles. The molecule has 2 aromatic rings. The Kier molecular flexibility index (Phi) is 6.36. The molecule has 2 aliphatic rings. The van der Waals surface area contributed by atoms with E-state index in [9.17, 15) is 9.59 Å². The van der Waals surface area contributed by atoms with E-state index in [4.69, 9.17) is 9.72 Å². The van der Waals surface area contributed by atoms with Crippen LogP contribution in [0, 0.1) is 0 Å². The van der Waals surface area contributed by atoms with Gasteiger partial charge < -0.3 is 25.6 Å². The molecule has 180 valence electrons. The SMILES string of the molecule is CC(C)c1cnn2c(NC3CCN(C(=O)OC(C)(C)C)CC3)cc(N[C@@H]3CNC(=O)C3)nc12. The number of piperidine rings is 1. The van der Waals surface area contributed by atoms with Gasteiger partial charge in [0.15, 0.2) is 5.65 Å². The number of fused-ring (bicyclic) bond motifs is 1. The van der Waals surface area contributed by atoms with Crippen molar-refractivity contribution in [1.29, 1.82) is 0 Å². The minimum absolute atomic E-state index is 0.0165. The Morgan fingerprint density at radius 3 is 2.55 bits per heavy atom. The molecule has 4 heterocycles. The molecule has 0 saturated carbocycles. The second-order valence-electron chi connectivity index (χ2n) is 10.3. The molecule has 2 fully saturated rings. The number of aromatic nitrogens is 3. The minimum Gasteiger partial charge on any atom is -0.444 e. The summed E-state index contributed by atoms with van der Waals surface area (Å²) in [7, 11) is 0. The lowest BCUT2D eigenvalue weighted by Crippen LogP contribution is -2.44. The number of ether oxygens (including phenoxy) is 1. The first-order valence-corrected chi connectivity index (χ1v) is 11.8. The summed E-state index contributed by atoms with van der Waals surface area (Å²) < 4.78 is 7.35. The van der Waals surface area contributed by atoms with Gasteiger partial charge >= 0.3 is 6.09 Å². The number of carbonyl (C=O) groups excluding carboxylic acids is 2. The molecular weight excluding hydrogens is 422 g/mol. The zero-order valence-electron chi connectivity index (χ0n) is 20.1. The topological polar surface area (TPSA) is 113 Å². The highest BCUT2D eigenvalue weighted by Crippen LogP contribution is 2.26. The molecule has 2 aromatic heterocycles. The first-order chi connectivity index (χ1) is 15.6. The molecule has 0 aromatic carbocycles. The quantitative estimate of drug-likeness (QED) is 0.633. The van der Waals surface area contributed by atoms with Crippen molar-refractivity contribution in [2.75, 3.05) is 30.3 Å². The summed E-state index contributed by atoms with van der Waals surface area (Å²) in [6.45, 7) is 11.8. The first kappa shape index (κ1) is 23.1. The number of hydrogen-bond donors (Lipinski definition) is 3. The predicted octanol–water partition coefficient (Wildman–Crippen LogP) is 2.96. The van der Waals surface area contributed by atoms with Crippen LogP contribution in [0.2, 0.25) is 0 Å². The molecular formula is C23H35N7O3. The fourth-order valence-corrected chi connectivity index (χ4v) is 4.22. The van der Waals surface area contributed by atoms with Gasteiger partial charge in [-0.2, -0.15) is 9.61 Å². The van der Waals surface area contributed by atoms with Crippen molar-refractivity contribution in [1.82, 2.24) is 24.8 Å². The van der Waals surface area contributed by atoms with Crippen molar-refractivity contribution in [2.24, 2.45) is 0 Å². The summed E-state index contributed by atoms with van der Waals surface area (Å²) in [6, 6.07) is 2.17. The lowest BCUT2D eigenvalue weighted by molar-refractivity contribution is -0.119. The van der Waals surface area contributed by atoms with E-state index in [1.54, 1.807) is 4.90 Å². The van der Waals surface area contributed by atoms with Crippen LogP contribution in [0.5, 0.6) is 0 Å². The molecule has 1 atom stereocenters. The fourth-order valence-electron chi connectivity index (χ4n) is 4.22. The monoisotopic (exact) mass is 457 g/mol. The van der Waals surface area contributed by atoms with E-state index in [0.717, 1.165) is 35.7 Å². The van der Waals surface area contributed by atoms with Gasteiger partial charge in [0.05, 0.1) is 12.2 Å². The molecule has 0 bridgehead atoms. The standard InChI is InChI=1S/C23H35N7O3/c1-14(2)17-13-25-30-19(11-18(28-21(17)30)26-16-10-20(31)24-12-16)27-15-6-8-29(9-7-15)22(32)33-23(3,4)5/h11,13-16,27H,6-10,12H2,1-5H3,(H,24,31)(H,26,28)/t16-/m0/s1. The number of rotatable bonds is 5. The van der Waals surface area contributed by atoms with Crippen LogP contribution in [0.25, 0.3) is 5.65 Å². The molecule has 2 saturated heterocycles. The normalized spacial score (nSPS) is 19.8. The molecule has 2 aliphatic heterocycles. The van der Waals surface area contributed by atoms with Crippen LogP contribution >= 0.6 is 0 Å². The fraction of sp³-hybridized carbons (Fsp3) is 0.652. The van der Waals surface area contributed by atoms with Crippen LogP contribution in [-0.4, -0.2) is 68.8 Å². The van der Waals surface area contributed by atoms with Crippen LogP contribution in [-0.2, 0) is 9.53 Å². The summed E-state index contributed by atoms with van der Waals surface area (Å²) in [5, 5.41) is 14.5. The van der Waals surface area contributed by atoms with Gasteiger partial charge in [0.1, 0.15) is 17.2 Å². The van der Waals surface area contributed by atoms with E-state index in [1.165, 1.54) is 0 Å². The lowest BCUT2D eigenvalue weighted by atomic mass is 10.1. The summed E-state index contributed by atoms with van der Waals surface area (Å²) in [5.74, 6) is 1.91. The molecule has 10 nitrogen and oxygen atoms in total. The highest BCUT2D eigenvalue weighted by Gasteiger charge is 2.28. The Hall–Kier alpha value is -3.04. The number of nitrogens with zero attached hydrogens (tertiary/aromatic N) is 4. The maximum absolute atomic E-state index is 12.4. The zero-order valence-corrected chi connectivity index (χ0v) is 20.1. The van der Waals surface area contributed by atoms with Crippen molar-refractivity contribution in [3.8, 4) is 0 Å². The molecule has 10 heteroatoms. The van der Waals surface area contributed by atoms with Gasteiger partial charge in [0.25, 0.3) is 0 Å². The third kappa shape index (κ3) is 5.48. The van der Waals surface area contributed by atoms with Gasteiger partial charge in [-0.05, 0) is 39.5 Å². The van der Waals surface area contributed by atoms with Crippen LogP contribution in [0.4, 0.5) is 16.4 Å². The van der Waals surface area contributed by atoms with Crippen molar-refractivity contribution in [3.05, 3.63) is 17.8 Å². The number of hydrogen-bond acceptors (Lipinski definition) is 7.